The van der Waals surface area contributed by atoms with E-state index in [2.05, 4.69) is 20.8 Å². The molecule has 0 spiro atoms. The maximum Gasteiger partial charge on any atom is 0.287 e. The van der Waals surface area contributed by atoms with Gasteiger partial charge in [-0.15, -0.1) is 10.2 Å². The van der Waals surface area contributed by atoms with Crippen LogP contribution in [0.25, 0.3) is 10.6 Å². The number of aromatic nitrogens is 2. The van der Waals surface area contributed by atoms with Crippen LogP contribution in [0.3, 0.4) is 0 Å². The fourth-order valence-corrected chi connectivity index (χ4v) is 3.93. The number of rotatable bonds is 8. The molecule has 2 N–H and O–H groups in total. The second kappa shape index (κ2) is 10.1. The van der Waals surface area contributed by atoms with Crippen LogP contribution in [0.5, 0.6) is 0 Å². The van der Waals surface area contributed by atoms with Gasteiger partial charge in [0.15, 0.2) is 5.76 Å². The van der Waals surface area contributed by atoms with Gasteiger partial charge in [-0.3, -0.25) is 14.9 Å². The molecule has 0 aliphatic rings. The summed E-state index contributed by atoms with van der Waals surface area (Å²) in [4.78, 5) is 27.6. The normalized spacial score (nSPS) is 11.6. The summed E-state index contributed by atoms with van der Waals surface area (Å²) in [6, 6.07) is 19.7. The number of hydrogen-bond acceptors (Lipinski definition) is 7. The number of furan rings is 1. The molecule has 0 aliphatic carbocycles. The summed E-state index contributed by atoms with van der Waals surface area (Å²) in [5, 5.41) is 14.9. The molecule has 33 heavy (non-hydrogen) atoms. The minimum Gasteiger partial charge on any atom is -0.459 e. The third-order valence-electron chi connectivity index (χ3n) is 4.94. The van der Waals surface area contributed by atoms with Gasteiger partial charge in [0.2, 0.25) is 11.0 Å². The first-order valence-corrected chi connectivity index (χ1v) is 11.1. The van der Waals surface area contributed by atoms with Crippen molar-refractivity contribution in [2.75, 3.05) is 24.3 Å². The molecule has 2 aromatic carbocycles. The summed E-state index contributed by atoms with van der Waals surface area (Å²) in [7, 11) is 3.95. The van der Waals surface area contributed by atoms with Gasteiger partial charge in [-0.1, -0.05) is 41.7 Å². The van der Waals surface area contributed by atoms with Crippen molar-refractivity contribution in [1.82, 2.24) is 15.5 Å². The van der Waals surface area contributed by atoms with Crippen molar-refractivity contribution in [3.05, 3.63) is 84.3 Å². The van der Waals surface area contributed by atoms with Crippen molar-refractivity contribution in [3.8, 4) is 10.6 Å². The van der Waals surface area contributed by atoms with Crippen molar-refractivity contribution in [1.29, 1.82) is 0 Å². The molecule has 0 saturated carbocycles. The minimum atomic E-state index is -0.822. The molecule has 0 fully saturated rings. The van der Waals surface area contributed by atoms with Crippen molar-refractivity contribution >= 4 is 34.0 Å². The van der Waals surface area contributed by atoms with Crippen LogP contribution in [-0.4, -0.2) is 42.1 Å². The summed E-state index contributed by atoms with van der Waals surface area (Å²) in [6.07, 6.45) is 1.73. The van der Waals surface area contributed by atoms with Crippen LogP contribution in [0.2, 0.25) is 0 Å². The molecule has 1 unspecified atom stereocenters. The molecule has 0 radical (unpaired) electrons. The van der Waals surface area contributed by atoms with Gasteiger partial charge in [-0.05, 0) is 42.0 Å². The van der Waals surface area contributed by atoms with Gasteiger partial charge in [-0.25, -0.2) is 0 Å². The van der Waals surface area contributed by atoms with E-state index < -0.39 is 11.9 Å². The van der Waals surface area contributed by atoms with Gasteiger partial charge >= 0.3 is 0 Å². The SMILES string of the molecule is CN(C)c1ccc(-c2nnc(NC(=O)C(Cc3ccccc3)NC(=O)c3ccco3)s2)cc1. The van der Waals surface area contributed by atoms with Gasteiger partial charge in [0.1, 0.15) is 11.0 Å². The van der Waals surface area contributed by atoms with E-state index in [-0.39, 0.29) is 11.7 Å². The van der Waals surface area contributed by atoms with Crippen LogP contribution < -0.4 is 15.5 Å². The summed E-state index contributed by atoms with van der Waals surface area (Å²) < 4.78 is 5.15. The average Bonchev–Trinajstić information content (AvgIpc) is 3.52. The predicted molar refractivity (Wildman–Crippen MR) is 128 cm³/mol. The molecular formula is C24H23N5O3S. The first-order chi connectivity index (χ1) is 16.0. The second-order valence-corrected chi connectivity index (χ2v) is 8.51. The molecule has 1 atom stereocenters. The van der Waals surface area contributed by atoms with Crippen LogP contribution in [0, 0.1) is 0 Å². The smallest absolute Gasteiger partial charge is 0.287 e. The van der Waals surface area contributed by atoms with Gasteiger partial charge < -0.3 is 14.6 Å². The standard InChI is InChI=1S/C24H23N5O3S/c1-29(2)18-12-10-17(11-13-18)23-27-28-24(33-23)26-21(30)19(15-16-7-4-3-5-8-16)25-22(31)20-9-6-14-32-20/h3-14,19H,15H2,1-2H3,(H,25,31)(H,26,28,30). The Morgan fingerprint density at radius 2 is 1.76 bits per heavy atom. The Bertz CT molecular complexity index is 1200. The molecule has 8 nitrogen and oxygen atoms in total. The molecule has 0 bridgehead atoms. The zero-order valence-corrected chi connectivity index (χ0v) is 19.0. The van der Waals surface area contributed by atoms with Crippen molar-refractivity contribution in [3.63, 3.8) is 0 Å². The highest BCUT2D eigenvalue weighted by Gasteiger charge is 2.24. The van der Waals surface area contributed by atoms with E-state index in [9.17, 15) is 9.59 Å². The van der Waals surface area contributed by atoms with E-state index in [0.29, 0.717) is 16.6 Å². The highest BCUT2D eigenvalue weighted by molar-refractivity contribution is 7.18. The Morgan fingerprint density at radius 3 is 2.42 bits per heavy atom. The lowest BCUT2D eigenvalue weighted by atomic mass is 10.1. The van der Waals surface area contributed by atoms with E-state index in [0.717, 1.165) is 16.8 Å². The first kappa shape index (κ1) is 22.2. The fourth-order valence-electron chi connectivity index (χ4n) is 3.18. The molecule has 0 aliphatic heterocycles. The Labute approximate surface area is 195 Å². The van der Waals surface area contributed by atoms with E-state index in [1.165, 1.54) is 17.6 Å². The van der Waals surface area contributed by atoms with E-state index in [1.807, 2.05) is 73.6 Å². The van der Waals surface area contributed by atoms with Crippen LogP contribution in [-0.2, 0) is 11.2 Å². The average molecular weight is 462 g/mol. The van der Waals surface area contributed by atoms with E-state index in [1.54, 1.807) is 12.1 Å². The molecule has 2 amide bonds. The summed E-state index contributed by atoms with van der Waals surface area (Å²) >= 11 is 1.27. The number of anilines is 2. The van der Waals surface area contributed by atoms with Crippen molar-refractivity contribution in [2.24, 2.45) is 0 Å². The highest BCUT2D eigenvalue weighted by Crippen LogP contribution is 2.28. The number of nitrogens with zero attached hydrogens (tertiary/aromatic N) is 3. The number of nitrogens with one attached hydrogen (secondary N) is 2. The molecular weight excluding hydrogens is 438 g/mol. The number of carbonyl (C=O) groups is 2. The monoisotopic (exact) mass is 461 g/mol. The minimum absolute atomic E-state index is 0.139. The Hall–Kier alpha value is -3.98. The maximum absolute atomic E-state index is 13.1. The Morgan fingerprint density at radius 1 is 1.00 bits per heavy atom. The first-order valence-electron chi connectivity index (χ1n) is 10.3. The maximum atomic E-state index is 13.1. The van der Waals surface area contributed by atoms with Crippen LogP contribution in [0.1, 0.15) is 16.1 Å². The van der Waals surface area contributed by atoms with Crippen molar-refractivity contribution in [2.45, 2.75) is 12.5 Å². The lowest BCUT2D eigenvalue weighted by Crippen LogP contribution is -2.45. The lowest BCUT2D eigenvalue weighted by Gasteiger charge is -2.17. The van der Waals surface area contributed by atoms with Crippen LogP contribution >= 0.6 is 11.3 Å². The highest BCUT2D eigenvalue weighted by atomic mass is 32.1. The molecule has 168 valence electrons. The van der Waals surface area contributed by atoms with Crippen LogP contribution in [0.4, 0.5) is 10.8 Å². The van der Waals surface area contributed by atoms with Gasteiger partial charge in [0.25, 0.3) is 5.91 Å². The summed E-state index contributed by atoms with van der Waals surface area (Å²) in [5.74, 6) is -0.709. The number of benzene rings is 2. The molecule has 0 saturated heterocycles. The van der Waals surface area contributed by atoms with Crippen molar-refractivity contribution < 1.29 is 14.0 Å². The zero-order chi connectivity index (χ0) is 23.2. The second-order valence-electron chi connectivity index (χ2n) is 7.54. The topological polar surface area (TPSA) is 100 Å². The van der Waals surface area contributed by atoms with E-state index in [4.69, 9.17) is 4.42 Å². The number of carbonyl (C=O) groups excluding carboxylic acids is 2. The molecule has 4 rings (SSSR count). The quantitative estimate of drug-likeness (QED) is 0.414. The van der Waals surface area contributed by atoms with Crippen LogP contribution in [0.15, 0.2) is 77.4 Å². The third kappa shape index (κ3) is 5.64. The lowest BCUT2D eigenvalue weighted by molar-refractivity contribution is -0.118. The summed E-state index contributed by atoms with van der Waals surface area (Å²) in [6.45, 7) is 0. The number of amides is 2. The largest absolute Gasteiger partial charge is 0.459 e. The summed E-state index contributed by atoms with van der Waals surface area (Å²) in [5.41, 5.74) is 2.90. The predicted octanol–water partition coefficient (Wildman–Crippen LogP) is 3.84. The van der Waals surface area contributed by atoms with Gasteiger partial charge in [0, 0.05) is 31.8 Å². The zero-order valence-electron chi connectivity index (χ0n) is 18.2. The Balaban J connectivity index is 1.48. The van der Waals surface area contributed by atoms with Gasteiger partial charge in [0.05, 0.1) is 6.26 Å². The number of hydrogen-bond donors (Lipinski definition) is 2. The molecule has 2 aromatic heterocycles. The molecule has 2 heterocycles. The third-order valence-corrected chi connectivity index (χ3v) is 5.82. The van der Waals surface area contributed by atoms with Gasteiger partial charge in [-0.2, -0.15) is 0 Å². The van der Waals surface area contributed by atoms with E-state index >= 15 is 0 Å². The molecule has 4 aromatic rings. The Kier molecular flexibility index (Phi) is 6.80. The molecule has 9 heteroatoms. The fraction of sp³-hybridized carbons (Fsp3) is 0.167.